The van der Waals surface area contributed by atoms with Gasteiger partial charge in [0.1, 0.15) is 5.60 Å². The highest BCUT2D eigenvalue weighted by atomic mass is 16.7. The van der Waals surface area contributed by atoms with Crippen molar-refractivity contribution in [2.45, 2.75) is 90.8 Å². The smallest absolute Gasteiger partial charge is 0.410 e. The number of fused-ring (bicyclic) bond motifs is 1. The quantitative estimate of drug-likeness (QED) is 0.240. The number of likely N-dealkylation sites (tertiary alicyclic amines) is 1. The third-order valence-corrected chi connectivity index (χ3v) is 6.83. The Balaban J connectivity index is 1.39. The third-order valence-electron chi connectivity index (χ3n) is 6.83. The highest BCUT2D eigenvalue weighted by molar-refractivity contribution is 5.83. The number of ether oxygens (including phenoxy) is 3. The summed E-state index contributed by atoms with van der Waals surface area (Å²) in [5.41, 5.74) is 11.7. The number of rotatable bonds is 8. The highest BCUT2D eigenvalue weighted by Gasteiger charge is 2.27. The van der Waals surface area contributed by atoms with Crippen molar-refractivity contribution >= 4 is 17.1 Å². The van der Waals surface area contributed by atoms with Gasteiger partial charge in [0, 0.05) is 35.6 Å². The molecule has 0 saturated carbocycles. The number of azide groups is 1. The maximum Gasteiger partial charge on any atom is 0.410 e. The van der Waals surface area contributed by atoms with Crippen molar-refractivity contribution in [1.82, 2.24) is 10.1 Å². The van der Waals surface area contributed by atoms with Crippen molar-refractivity contribution in [3.05, 3.63) is 39.4 Å². The second-order valence-corrected chi connectivity index (χ2v) is 10.7. The Morgan fingerprint density at radius 2 is 2.06 bits per heavy atom. The SMILES string of the molecule is CC(C)(C)OC(=O)N1CCC(CCc2noc3c(COC4CCCCO4)c(CN=[N+]=[N-])ccc23)CC1. The summed E-state index contributed by atoms with van der Waals surface area (Å²) in [5.74, 6) is 0.519. The fourth-order valence-corrected chi connectivity index (χ4v) is 4.83. The Hall–Kier alpha value is -2.81. The zero-order valence-electron chi connectivity index (χ0n) is 21.6. The Kier molecular flexibility index (Phi) is 8.72. The molecule has 1 aromatic heterocycles. The second-order valence-electron chi connectivity index (χ2n) is 10.7. The highest BCUT2D eigenvalue weighted by Crippen LogP contribution is 2.30. The van der Waals surface area contributed by atoms with Crippen molar-refractivity contribution in [2.24, 2.45) is 11.0 Å². The van der Waals surface area contributed by atoms with Crippen molar-refractivity contribution in [3.8, 4) is 0 Å². The van der Waals surface area contributed by atoms with Gasteiger partial charge < -0.3 is 23.6 Å². The third kappa shape index (κ3) is 6.90. The van der Waals surface area contributed by atoms with Gasteiger partial charge in [-0.25, -0.2) is 4.79 Å². The molecule has 1 atom stereocenters. The van der Waals surface area contributed by atoms with E-state index in [4.69, 9.17) is 24.3 Å². The van der Waals surface area contributed by atoms with Crippen LogP contribution in [-0.2, 0) is 33.8 Å². The van der Waals surface area contributed by atoms with Crippen molar-refractivity contribution in [1.29, 1.82) is 0 Å². The van der Waals surface area contributed by atoms with Gasteiger partial charge in [0.05, 0.1) is 18.8 Å². The molecule has 2 aromatic rings. The molecule has 0 aliphatic carbocycles. The van der Waals surface area contributed by atoms with Crippen LogP contribution < -0.4 is 0 Å². The van der Waals surface area contributed by atoms with Gasteiger partial charge in [-0.15, -0.1) is 0 Å². The Labute approximate surface area is 211 Å². The van der Waals surface area contributed by atoms with Crippen LogP contribution in [0.5, 0.6) is 0 Å². The van der Waals surface area contributed by atoms with Crippen LogP contribution in [0.4, 0.5) is 4.79 Å². The molecule has 3 heterocycles. The van der Waals surface area contributed by atoms with Gasteiger partial charge in [-0.1, -0.05) is 16.3 Å². The summed E-state index contributed by atoms with van der Waals surface area (Å²) >= 11 is 0. The lowest BCUT2D eigenvalue weighted by Crippen LogP contribution is -2.41. The average molecular weight is 500 g/mol. The number of piperidine rings is 1. The van der Waals surface area contributed by atoms with E-state index in [1.807, 2.05) is 32.9 Å². The molecule has 0 bridgehead atoms. The maximum absolute atomic E-state index is 12.3. The molecule has 1 unspecified atom stereocenters. The molecule has 196 valence electrons. The summed E-state index contributed by atoms with van der Waals surface area (Å²) in [7, 11) is 0. The topological polar surface area (TPSA) is 123 Å². The van der Waals surface area contributed by atoms with Gasteiger partial charge in [0.2, 0.25) is 0 Å². The number of nitrogens with zero attached hydrogens (tertiary/aromatic N) is 5. The van der Waals surface area contributed by atoms with E-state index in [2.05, 4.69) is 15.2 Å². The van der Waals surface area contributed by atoms with Crippen molar-refractivity contribution in [2.75, 3.05) is 19.7 Å². The van der Waals surface area contributed by atoms with Gasteiger partial charge >= 0.3 is 6.09 Å². The van der Waals surface area contributed by atoms with Gasteiger partial charge in [0.15, 0.2) is 11.9 Å². The second kappa shape index (κ2) is 12.0. The van der Waals surface area contributed by atoms with E-state index in [0.29, 0.717) is 37.8 Å². The molecule has 2 aliphatic heterocycles. The number of amides is 1. The molecular formula is C26H37N5O5. The monoisotopic (exact) mass is 499 g/mol. The van der Waals surface area contributed by atoms with Crippen molar-refractivity contribution in [3.63, 3.8) is 0 Å². The molecule has 10 nitrogen and oxygen atoms in total. The Bertz CT molecular complexity index is 1070. The first-order valence-electron chi connectivity index (χ1n) is 12.9. The van der Waals surface area contributed by atoms with Gasteiger partial charge in [-0.05, 0) is 88.8 Å². The van der Waals surface area contributed by atoms with Crippen LogP contribution in [-0.4, -0.2) is 47.7 Å². The van der Waals surface area contributed by atoms with Crippen molar-refractivity contribution < 1.29 is 23.5 Å². The van der Waals surface area contributed by atoms with Crippen LogP contribution in [0.2, 0.25) is 0 Å². The standard InChI is InChI=1S/C26H37N5O5/c1-26(2,3)35-25(32)31-13-11-18(12-14-31)7-10-22-20-9-8-19(16-28-30-27)21(24(20)36-29-22)17-34-23-6-4-5-15-33-23/h8-9,18,23H,4-7,10-17H2,1-3H3. The largest absolute Gasteiger partial charge is 0.444 e. The van der Waals surface area contributed by atoms with Crippen LogP contribution in [0.15, 0.2) is 21.8 Å². The van der Waals surface area contributed by atoms with Gasteiger partial charge in [-0.2, -0.15) is 0 Å². The first-order chi connectivity index (χ1) is 17.3. The Morgan fingerprint density at radius 1 is 1.25 bits per heavy atom. The first-order valence-corrected chi connectivity index (χ1v) is 12.9. The number of carbonyl (C=O) groups is 1. The summed E-state index contributed by atoms with van der Waals surface area (Å²) in [6.07, 6.45) is 6.24. The van der Waals surface area contributed by atoms with Crippen LogP contribution in [0.1, 0.15) is 76.1 Å². The number of aryl methyl sites for hydroxylation is 1. The summed E-state index contributed by atoms with van der Waals surface area (Å²) < 4.78 is 23.0. The first kappa shape index (κ1) is 26.3. The van der Waals surface area contributed by atoms with Crippen LogP contribution in [0, 0.1) is 5.92 Å². The fourth-order valence-electron chi connectivity index (χ4n) is 4.83. The van der Waals surface area contributed by atoms with Crippen LogP contribution in [0.25, 0.3) is 21.4 Å². The molecule has 2 saturated heterocycles. The molecule has 1 aromatic carbocycles. The number of benzene rings is 1. The minimum Gasteiger partial charge on any atom is -0.444 e. The lowest BCUT2D eigenvalue weighted by molar-refractivity contribution is -0.168. The molecule has 36 heavy (non-hydrogen) atoms. The molecular weight excluding hydrogens is 462 g/mol. The summed E-state index contributed by atoms with van der Waals surface area (Å²) in [5, 5.41) is 9.10. The van der Waals surface area contributed by atoms with E-state index in [9.17, 15) is 4.79 Å². The number of hydrogen-bond acceptors (Lipinski definition) is 7. The lowest BCUT2D eigenvalue weighted by Gasteiger charge is -2.33. The zero-order valence-corrected chi connectivity index (χ0v) is 21.6. The van der Waals surface area contributed by atoms with E-state index in [0.717, 1.165) is 67.2 Å². The van der Waals surface area contributed by atoms with Crippen LogP contribution >= 0.6 is 0 Å². The van der Waals surface area contributed by atoms with E-state index in [-0.39, 0.29) is 18.9 Å². The average Bonchev–Trinajstić information content (AvgIpc) is 3.28. The minimum absolute atomic E-state index is 0.225. The number of carbonyl (C=O) groups excluding carboxylic acids is 1. The summed E-state index contributed by atoms with van der Waals surface area (Å²) in [6, 6.07) is 3.96. The molecule has 0 spiro atoms. The normalized spacial score (nSPS) is 19.3. The summed E-state index contributed by atoms with van der Waals surface area (Å²) in [4.78, 5) is 17.0. The number of aromatic nitrogens is 1. The molecule has 1 amide bonds. The van der Waals surface area contributed by atoms with E-state index in [1.165, 1.54) is 0 Å². The lowest BCUT2D eigenvalue weighted by atomic mass is 9.91. The molecule has 2 fully saturated rings. The minimum atomic E-state index is -0.476. The molecule has 0 radical (unpaired) electrons. The molecule has 0 N–H and O–H groups in total. The predicted molar refractivity (Wildman–Crippen MR) is 134 cm³/mol. The maximum atomic E-state index is 12.3. The fraction of sp³-hybridized carbons (Fsp3) is 0.692. The molecule has 10 heteroatoms. The molecule has 2 aliphatic rings. The Morgan fingerprint density at radius 3 is 2.75 bits per heavy atom. The predicted octanol–water partition coefficient (Wildman–Crippen LogP) is 6.26. The van der Waals surface area contributed by atoms with Crippen LogP contribution in [0.3, 0.4) is 0 Å². The number of hydrogen-bond donors (Lipinski definition) is 0. The zero-order chi connectivity index (χ0) is 25.5. The van der Waals surface area contributed by atoms with E-state index in [1.54, 1.807) is 4.90 Å². The molecule has 4 rings (SSSR count). The summed E-state index contributed by atoms with van der Waals surface area (Å²) in [6.45, 7) is 8.35. The van der Waals surface area contributed by atoms with E-state index >= 15 is 0 Å². The van der Waals surface area contributed by atoms with Gasteiger partial charge in [-0.3, -0.25) is 0 Å². The van der Waals surface area contributed by atoms with Gasteiger partial charge in [0.25, 0.3) is 0 Å². The van der Waals surface area contributed by atoms with E-state index < -0.39 is 5.60 Å².